The molecule has 1 aliphatic carbocycles. The van der Waals surface area contributed by atoms with Gasteiger partial charge in [-0.25, -0.2) is 4.98 Å². The van der Waals surface area contributed by atoms with Gasteiger partial charge in [0.2, 0.25) is 5.95 Å². The first kappa shape index (κ1) is 12.4. The number of hydrogen-bond donors (Lipinski definition) is 3. The van der Waals surface area contributed by atoms with Crippen molar-refractivity contribution in [1.82, 2.24) is 9.97 Å². The van der Waals surface area contributed by atoms with Gasteiger partial charge in [-0.3, -0.25) is 0 Å². The number of halogens is 1. The molecule has 2 atom stereocenters. The van der Waals surface area contributed by atoms with Crippen LogP contribution in [0.4, 0.5) is 11.8 Å². The van der Waals surface area contributed by atoms with Crippen LogP contribution in [0.25, 0.3) is 0 Å². The van der Waals surface area contributed by atoms with Crippen LogP contribution < -0.4 is 10.6 Å². The van der Waals surface area contributed by atoms with Gasteiger partial charge in [0.25, 0.3) is 0 Å². The molecule has 1 aliphatic rings. The summed E-state index contributed by atoms with van der Waals surface area (Å²) < 4.78 is 0. The summed E-state index contributed by atoms with van der Waals surface area (Å²) in [5, 5.41) is 16.3. The zero-order chi connectivity index (χ0) is 12.3. The molecule has 6 heteroatoms. The molecule has 17 heavy (non-hydrogen) atoms. The number of aromatic nitrogens is 2. The third-order valence-electron chi connectivity index (χ3n) is 3.12. The average Bonchev–Trinajstić information content (AvgIpc) is 2.74. The first-order valence-electron chi connectivity index (χ1n) is 5.83. The fourth-order valence-electron chi connectivity index (χ4n) is 2.09. The minimum Gasteiger partial charge on any atom is -0.393 e. The third kappa shape index (κ3) is 2.98. The highest BCUT2D eigenvalue weighted by Gasteiger charge is 2.25. The molecule has 1 aromatic rings. The van der Waals surface area contributed by atoms with Gasteiger partial charge in [-0.15, -0.1) is 0 Å². The fraction of sp³-hybridized carbons (Fsp3) is 0.636. The lowest BCUT2D eigenvalue weighted by Gasteiger charge is -2.16. The summed E-state index contributed by atoms with van der Waals surface area (Å²) in [6, 6.07) is 0. The van der Waals surface area contributed by atoms with E-state index in [0.717, 1.165) is 19.3 Å². The van der Waals surface area contributed by atoms with E-state index in [1.165, 1.54) is 0 Å². The molecule has 1 fully saturated rings. The van der Waals surface area contributed by atoms with Crippen LogP contribution in [0.2, 0.25) is 5.02 Å². The number of hydrogen-bond acceptors (Lipinski definition) is 5. The summed E-state index contributed by atoms with van der Waals surface area (Å²) in [6.07, 6.45) is 4.40. The Morgan fingerprint density at radius 2 is 2.35 bits per heavy atom. The second-order valence-electron chi connectivity index (χ2n) is 4.28. The predicted octanol–water partition coefficient (Wildman–Crippen LogP) is 1.74. The number of nitrogens with one attached hydrogen (secondary N) is 2. The fourth-order valence-corrected chi connectivity index (χ4v) is 2.25. The second kappa shape index (κ2) is 5.51. The zero-order valence-corrected chi connectivity index (χ0v) is 10.5. The van der Waals surface area contributed by atoms with Gasteiger partial charge >= 0.3 is 0 Å². The van der Waals surface area contributed by atoms with Crippen molar-refractivity contribution in [2.24, 2.45) is 5.92 Å². The van der Waals surface area contributed by atoms with Gasteiger partial charge in [-0.05, 0) is 12.8 Å². The van der Waals surface area contributed by atoms with Crippen molar-refractivity contribution in [3.05, 3.63) is 11.2 Å². The monoisotopic (exact) mass is 256 g/mol. The Morgan fingerprint density at radius 3 is 3.00 bits per heavy atom. The van der Waals surface area contributed by atoms with Gasteiger partial charge in [0, 0.05) is 19.5 Å². The highest BCUT2D eigenvalue weighted by Crippen LogP contribution is 2.27. The summed E-state index contributed by atoms with van der Waals surface area (Å²) in [5.41, 5.74) is 0. The molecule has 0 saturated heterocycles. The van der Waals surface area contributed by atoms with Crippen LogP contribution in [0.1, 0.15) is 19.3 Å². The molecular formula is C11H17ClN4O. The quantitative estimate of drug-likeness (QED) is 0.766. The first-order valence-corrected chi connectivity index (χ1v) is 6.20. The third-order valence-corrected chi connectivity index (χ3v) is 3.39. The molecular weight excluding hydrogens is 240 g/mol. The van der Waals surface area contributed by atoms with Crippen LogP contribution in [-0.4, -0.2) is 34.8 Å². The van der Waals surface area contributed by atoms with E-state index < -0.39 is 0 Å². The van der Waals surface area contributed by atoms with Crippen molar-refractivity contribution in [3.63, 3.8) is 0 Å². The summed E-state index contributed by atoms with van der Waals surface area (Å²) in [5.74, 6) is 1.44. The van der Waals surface area contributed by atoms with Crippen molar-refractivity contribution < 1.29 is 5.11 Å². The van der Waals surface area contributed by atoms with E-state index in [1.54, 1.807) is 13.2 Å². The summed E-state index contributed by atoms with van der Waals surface area (Å²) >= 11 is 6.00. The highest BCUT2D eigenvalue weighted by atomic mass is 35.5. The molecule has 0 amide bonds. The van der Waals surface area contributed by atoms with Crippen molar-refractivity contribution in [1.29, 1.82) is 0 Å². The van der Waals surface area contributed by atoms with Crippen LogP contribution in [0.3, 0.4) is 0 Å². The van der Waals surface area contributed by atoms with E-state index >= 15 is 0 Å². The van der Waals surface area contributed by atoms with E-state index in [2.05, 4.69) is 20.6 Å². The molecule has 2 unspecified atom stereocenters. The number of rotatable bonds is 4. The molecule has 1 heterocycles. The largest absolute Gasteiger partial charge is 0.393 e. The number of anilines is 2. The predicted molar refractivity (Wildman–Crippen MR) is 68.4 cm³/mol. The maximum Gasteiger partial charge on any atom is 0.224 e. The van der Waals surface area contributed by atoms with Gasteiger partial charge in [-0.2, -0.15) is 4.98 Å². The molecule has 3 N–H and O–H groups in total. The lowest BCUT2D eigenvalue weighted by Crippen LogP contribution is -2.22. The van der Waals surface area contributed by atoms with E-state index in [-0.39, 0.29) is 6.10 Å². The van der Waals surface area contributed by atoms with Gasteiger partial charge < -0.3 is 15.7 Å². The average molecular weight is 257 g/mol. The second-order valence-corrected chi connectivity index (χ2v) is 4.69. The van der Waals surface area contributed by atoms with Crippen molar-refractivity contribution >= 4 is 23.4 Å². The Hall–Kier alpha value is -1.07. The smallest absolute Gasteiger partial charge is 0.224 e. The number of nitrogens with zero attached hydrogens (tertiary/aromatic N) is 2. The van der Waals surface area contributed by atoms with Gasteiger partial charge in [0.1, 0.15) is 10.8 Å². The minimum atomic E-state index is -0.202. The van der Waals surface area contributed by atoms with Crippen LogP contribution in [0, 0.1) is 5.92 Å². The number of aliphatic hydroxyl groups excluding tert-OH is 1. The minimum absolute atomic E-state index is 0.202. The van der Waals surface area contributed by atoms with E-state index in [9.17, 15) is 5.11 Å². The van der Waals surface area contributed by atoms with Crippen molar-refractivity contribution in [3.8, 4) is 0 Å². The Kier molecular flexibility index (Phi) is 4.02. The van der Waals surface area contributed by atoms with Gasteiger partial charge in [-0.1, -0.05) is 18.0 Å². The Bertz CT molecular complexity index is 388. The molecule has 0 aliphatic heterocycles. The van der Waals surface area contributed by atoms with Crippen LogP contribution in [0.5, 0.6) is 0 Å². The number of aliphatic hydroxyl groups is 1. The van der Waals surface area contributed by atoms with Crippen LogP contribution in [-0.2, 0) is 0 Å². The maximum absolute atomic E-state index is 9.72. The molecule has 0 aromatic carbocycles. The first-order chi connectivity index (χ1) is 8.20. The normalized spacial score (nSPS) is 23.7. The molecule has 1 saturated carbocycles. The Morgan fingerprint density at radius 1 is 1.53 bits per heavy atom. The Labute approximate surface area is 106 Å². The van der Waals surface area contributed by atoms with Crippen LogP contribution >= 0.6 is 11.6 Å². The summed E-state index contributed by atoms with van der Waals surface area (Å²) in [4.78, 5) is 8.24. The molecule has 0 bridgehead atoms. The Balaban J connectivity index is 1.98. The molecule has 0 spiro atoms. The molecule has 0 radical (unpaired) electrons. The van der Waals surface area contributed by atoms with E-state index in [4.69, 9.17) is 11.6 Å². The summed E-state index contributed by atoms with van der Waals surface area (Å²) in [6.45, 7) is 0.695. The standard InChI is InChI=1S/C11H17ClN4O/c1-13-11-15-6-8(12)10(16-11)14-5-7-3-2-4-9(7)17/h6-7,9,17H,2-5H2,1H3,(H2,13,14,15,16). The lowest BCUT2D eigenvalue weighted by atomic mass is 10.1. The van der Waals surface area contributed by atoms with E-state index in [0.29, 0.717) is 29.3 Å². The highest BCUT2D eigenvalue weighted by molar-refractivity contribution is 6.32. The molecule has 94 valence electrons. The van der Waals surface area contributed by atoms with E-state index in [1.807, 2.05) is 0 Å². The molecule has 2 rings (SSSR count). The van der Waals surface area contributed by atoms with Crippen molar-refractivity contribution in [2.45, 2.75) is 25.4 Å². The maximum atomic E-state index is 9.72. The zero-order valence-electron chi connectivity index (χ0n) is 9.78. The van der Waals surface area contributed by atoms with Crippen LogP contribution in [0.15, 0.2) is 6.20 Å². The lowest BCUT2D eigenvalue weighted by molar-refractivity contribution is 0.138. The SMILES string of the molecule is CNc1ncc(Cl)c(NCC2CCCC2O)n1. The topological polar surface area (TPSA) is 70.1 Å². The van der Waals surface area contributed by atoms with Crippen molar-refractivity contribution in [2.75, 3.05) is 24.2 Å². The summed E-state index contributed by atoms with van der Waals surface area (Å²) in [7, 11) is 1.76. The molecule has 5 nitrogen and oxygen atoms in total. The van der Waals surface area contributed by atoms with Gasteiger partial charge in [0.15, 0.2) is 0 Å². The van der Waals surface area contributed by atoms with Gasteiger partial charge in [0.05, 0.1) is 12.3 Å². The molecule has 1 aromatic heterocycles.